The molecule has 1 saturated heterocycles. The predicted octanol–water partition coefficient (Wildman–Crippen LogP) is 2.19. The van der Waals surface area contributed by atoms with Gasteiger partial charge in [-0.25, -0.2) is 9.37 Å². The SMILES string of the molecule is Cc1cc(N2CCN(c3c(F)cccc3C#N)CC2)nc(N(C)C)n1. The zero-order chi connectivity index (χ0) is 18.0. The van der Waals surface area contributed by atoms with E-state index in [1.165, 1.54) is 6.07 Å². The molecule has 0 unspecified atom stereocenters. The van der Waals surface area contributed by atoms with Crippen LogP contribution in [0.2, 0.25) is 0 Å². The first-order valence-electron chi connectivity index (χ1n) is 8.21. The summed E-state index contributed by atoms with van der Waals surface area (Å²) in [7, 11) is 3.83. The van der Waals surface area contributed by atoms with Gasteiger partial charge in [0.15, 0.2) is 0 Å². The van der Waals surface area contributed by atoms with Crippen molar-refractivity contribution in [3.8, 4) is 6.07 Å². The summed E-state index contributed by atoms with van der Waals surface area (Å²) in [6, 6.07) is 8.67. The van der Waals surface area contributed by atoms with Crippen LogP contribution in [0.25, 0.3) is 0 Å². The van der Waals surface area contributed by atoms with Gasteiger partial charge in [0, 0.05) is 52.0 Å². The minimum absolute atomic E-state index is 0.347. The highest BCUT2D eigenvalue weighted by atomic mass is 19.1. The molecule has 2 heterocycles. The van der Waals surface area contributed by atoms with E-state index in [1.54, 1.807) is 12.1 Å². The number of nitrogens with zero attached hydrogens (tertiary/aromatic N) is 6. The molecule has 0 saturated carbocycles. The first-order valence-corrected chi connectivity index (χ1v) is 8.21. The molecule has 0 aliphatic carbocycles. The Morgan fingerprint density at radius 2 is 1.80 bits per heavy atom. The Labute approximate surface area is 147 Å². The van der Waals surface area contributed by atoms with Crippen LogP contribution >= 0.6 is 0 Å². The second-order valence-corrected chi connectivity index (χ2v) is 6.28. The van der Waals surface area contributed by atoms with E-state index in [-0.39, 0.29) is 5.82 Å². The molecular weight excluding hydrogens is 319 g/mol. The minimum Gasteiger partial charge on any atom is -0.365 e. The number of aryl methyl sites for hydroxylation is 1. The Balaban J connectivity index is 1.78. The van der Waals surface area contributed by atoms with Crippen LogP contribution in [0, 0.1) is 24.1 Å². The van der Waals surface area contributed by atoms with E-state index in [9.17, 15) is 9.65 Å². The number of piperazine rings is 1. The lowest BCUT2D eigenvalue weighted by molar-refractivity contribution is 0.595. The third-order valence-electron chi connectivity index (χ3n) is 4.26. The average molecular weight is 340 g/mol. The Kier molecular flexibility index (Phi) is 4.70. The zero-order valence-electron chi connectivity index (χ0n) is 14.7. The molecule has 1 aromatic heterocycles. The fourth-order valence-corrected chi connectivity index (χ4v) is 2.98. The molecule has 0 bridgehead atoms. The van der Waals surface area contributed by atoms with Crippen LogP contribution in [0.5, 0.6) is 0 Å². The molecule has 1 aliphatic heterocycles. The van der Waals surface area contributed by atoms with Crippen LogP contribution < -0.4 is 14.7 Å². The van der Waals surface area contributed by atoms with Crippen molar-refractivity contribution in [3.63, 3.8) is 0 Å². The fraction of sp³-hybridized carbons (Fsp3) is 0.389. The second kappa shape index (κ2) is 6.93. The van der Waals surface area contributed by atoms with Gasteiger partial charge in [0.1, 0.15) is 17.7 Å². The summed E-state index contributed by atoms with van der Waals surface area (Å²) >= 11 is 0. The highest BCUT2D eigenvalue weighted by molar-refractivity contribution is 5.61. The minimum atomic E-state index is -0.347. The molecule has 2 aromatic rings. The molecule has 6 nitrogen and oxygen atoms in total. The van der Waals surface area contributed by atoms with E-state index in [1.807, 2.05) is 36.9 Å². The van der Waals surface area contributed by atoms with Crippen molar-refractivity contribution in [1.82, 2.24) is 9.97 Å². The predicted molar refractivity (Wildman–Crippen MR) is 96.6 cm³/mol. The lowest BCUT2D eigenvalue weighted by atomic mass is 10.1. The van der Waals surface area contributed by atoms with E-state index in [0.717, 1.165) is 11.5 Å². The fourth-order valence-electron chi connectivity index (χ4n) is 2.98. The number of halogens is 1. The first-order chi connectivity index (χ1) is 12.0. The largest absolute Gasteiger partial charge is 0.365 e. The summed E-state index contributed by atoms with van der Waals surface area (Å²) in [5.41, 5.74) is 1.69. The number of nitriles is 1. The number of aromatic nitrogens is 2. The molecule has 7 heteroatoms. The highest BCUT2D eigenvalue weighted by Crippen LogP contribution is 2.26. The van der Waals surface area contributed by atoms with Crippen LogP contribution in [-0.2, 0) is 0 Å². The summed E-state index contributed by atoms with van der Waals surface area (Å²) in [5, 5.41) is 9.24. The smallest absolute Gasteiger partial charge is 0.226 e. The highest BCUT2D eigenvalue weighted by Gasteiger charge is 2.23. The quantitative estimate of drug-likeness (QED) is 0.854. The van der Waals surface area contributed by atoms with Gasteiger partial charge in [-0.1, -0.05) is 6.07 Å². The molecule has 0 spiro atoms. The standard InChI is InChI=1S/C18H21FN6/c1-13-11-16(22-18(21-13)23(2)3)24-7-9-25(10-8-24)17-14(12-20)5-4-6-15(17)19/h4-6,11H,7-10H2,1-3H3. The topological polar surface area (TPSA) is 59.3 Å². The first kappa shape index (κ1) is 17.0. The van der Waals surface area contributed by atoms with Crippen molar-refractivity contribution in [2.45, 2.75) is 6.92 Å². The lowest BCUT2D eigenvalue weighted by Crippen LogP contribution is -2.47. The molecule has 1 fully saturated rings. The third-order valence-corrected chi connectivity index (χ3v) is 4.26. The molecule has 0 N–H and O–H groups in total. The summed E-state index contributed by atoms with van der Waals surface area (Å²) in [4.78, 5) is 15.0. The maximum atomic E-state index is 14.2. The molecule has 0 amide bonds. The van der Waals surface area contributed by atoms with Crippen molar-refractivity contribution in [2.24, 2.45) is 0 Å². The number of anilines is 3. The molecular formula is C18H21FN6. The van der Waals surface area contributed by atoms with Gasteiger partial charge in [0.05, 0.1) is 11.3 Å². The summed E-state index contributed by atoms with van der Waals surface area (Å²) in [5.74, 6) is 1.21. The van der Waals surface area contributed by atoms with Gasteiger partial charge in [-0.2, -0.15) is 10.2 Å². The van der Waals surface area contributed by atoms with Crippen LogP contribution in [-0.4, -0.2) is 50.2 Å². The van der Waals surface area contributed by atoms with Crippen LogP contribution in [0.1, 0.15) is 11.3 Å². The molecule has 0 atom stereocenters. The van der Waals surface area contributed by atoms with Crippen LogP contribution in [0.15, 0.2) is 24.3 Å². The van der Waals surface area contributed by atoms with Crippen LogP contribution in [0.4, 0.5) is 21.8 Å². The van der Waals surface area contributed by atoms with E-state index in [2.05, 4.69) is 20.9 Å². The van der Waals surface area contributed by atoms with Gasteiger partial charge in [0.2, 0.25) is 5.95 Å². The number of para-hydroxylation sites is 1. The van der Waals surface area contributed by atoms with Gasteiger partial charge < -0.3 is 14.7 Å². The average Bonchev–Trinajstić information content (AvgIpc) is 2.61. The van der Waals surface area contributed by atoms with E-state index in [4.69, 9.17) is 0 Å². The van der Waals surface area contributed by atoms with Gasteiger partial charge in [0.25, 0.3) is 0 Å². The molecule has 1 aliphatic rings. The van der Waals surface area contributed by atoms with Gasteiger partial charge >= 0.3 is 0 Å². The normalized spacial score (nSPS) is 14.4. The molecule has 25 heavy (non-hydrogen) atoms. The van der Waals surface area contributed by atoms with E-state index in [0.29, 0.717) is 43.4 Å². The van der Waals surface area contributed by atoms with Crippen LogP contribution in [0.3, 0.4) is 0 Å². The zero-order valence-corrected chi connectivity index (χ0v) is 14.7. The number of benzene rings is 1. The Hall–Kier alpha value is -2.88. The lowest BCUT2D eigenvalue weighted by Gasteiger charge is -2.37. The van der Waals surface area contributed by atoms with Crippen molar-refractivity contribution in [3.05, 3.63) is 41.3 Å². The molecule has 3 rings (SSSR count). The number of hydrogen-bond acceptors (Lipinski definition) is 6. The van der Waals surface area contributed by atoms with Crippen molar-refractivity contribution < 1.29 is 4.39 Å². The summed E-state index contributed by atoms with van der Waals surface area (Å²) in [6.07, 6.45) is 0. The van der Waals surface area contributed by atoms with E-state index < -0.39 is 0 Å². The number of hydrogen-bond donors (Lipinski definition) is 0. The van der Waals surface area contributed by atoms with Crippen molar-refractivity contribution in [1.29, 1.82) is 5.26 Å². The number of rotatable bonds is 3. The van der Waals surface area contributed by atoms with Gasteiger partial charge in [-0.3, -0.25) is 0 Å². The third kappa shape index (κ3) is 3.48. The monoisotopic (exact) mass is 340 g/mol. The molecule has 0 radical (unpaired) electrons. The molecule has 130 valence electrons. The van der Waals surface area contributed by atoms with Gasteiger partial charge in [-0.15, -0.1) is 0 Å². The van der Waals surface area contributed by atoms with Crippen molar-refractivity contribution in [2.75, 3.05) is 55.0 Å². The summed E-state index contributed by atoms with van der Waals surface area (Å²) in [6.45, 7) is 4.64. The Morgan fingerprint density at radius 1 is 1.12 bits per heavy atom. The van der Waals surface area contributed by atoms with E-state index >= 15 is 0 Å². The Morgan fingerprint density at radius 3 is 2.44 bits per heavy atom. The second-order valence-electron chi connectivity index (χ2n) is 6.28. The van der Waals surface area contributed by atoms with Crippen molar-refractivity contribution >= 4 is 17.5 Å². The maximum Gasteiger partial charge on any atom is 0.226 e. The molecule has 1 aromatic carbocycles. The van der Waals surface area contributed by atoms with Gasteiger partial charge in [-0.05, 0) is 19.1 Å². The Bertz CT molecular complexity index is 806. The summed E-state index contributed by atoms with van der Waals surface area (Å²) < 4.78 is 14.2. The maximum absolute atomic E-state index is 14.2.